The van der Waals surface area contributed by atoms with Gasteiger partial charge in [0.05, 0.1) is 17.2 Å². The Balaban J connectivity index is 2.14. The zero-order chi connectivity index (χ0) is 16.0. The maximum Gasteiger partial charge on any atom is 0.276 e. The van der Waals surface area contributed by atoms with Gasteiger partial charge in [0.15, 0.2) is 0 Å². The topological polar surface area (TPSA) is 80.7 Å². The van der Waals surface area contributed by atoms with Crippen molar-refractivity contribution in [2.75, 3.05) is 6.61 Å². The standard InChI is InChI=1S/C15H17N3O3S/c1-3-21-14-6-8-15(9-7-14)22(19,20)18-17-12(2)13-5-4-10-16-11-13/h4-11,18H,3H2,1-2H3/b17-12-. The quantitative estimate of drug-likeness (QED) is 0.653. The maximum atomic E-state index is 12.2. The van der Waals surface area contributed by atoms with Gasteiger partial charge in [-0.3, -0.25) is 4.98 Å². The van der Waals surface area contributed by atoms with Crippen molar-refractivity contribution >= 4 is 15.7 Å². The minimum atomic E-state index is -3.71. The Labute approximate surface area is 129 Å². The molecule has 0 saturated heterocycles. The molecule has 0 aliphatic heterocycles. The van der Waals surface area contributed by atoms with Gasteiger partial charge in [0.1, 0.15) is 5.75 Å². The molecule has 0 saturated carbocycles. The summed E-state index contributed by atoms with van der Waals surface area (Å²) < 4.78 is 29.6. The SMILES string of the molecule is CCOc1ccc(S(=O)(=O)N/N=C(/C)c2cccnc2)cc1. The molecule has 0 amide bonds. The van der Waals surface area contributed by atoms with E-state index in [9.17, 15) is 8.42 Å². The van der Waals surface area contributed by atoms with Gasteiger partial charge in [-0.25, -0.2) is 0 Å². The maximum absolute atomic E-state index is 12.2. The Bertz CT molecular complexity index is 741. The number of rotatable bonds is 6. The van der Waals surface area contributed by atoms with Crippen molar-refractivity contribution in [1.82, 2.24) is 9.82 Å². The van der Waals surface area contributed by atoms with Crippen LogP contribution in [0.25, 0.3) is 0 Å². The lowest BCUT2D eigenvalue weighted by Crippen LogP contribution is -2.20. The Hall–Kier alpha value is -2.41. The lowest BCUT2D eigenvalue weighted by Gasteiger charge is -2.07. The highest BCUT2D eigenvalue weighted by molar-refractivity contribution is 7.89. The smallest absolute Gasteiger partial charge is 0.276 e. The van der Waals surface area contributed by atoms with Crippen LogP contribution in [-0.2, 0) is 10.0 Å². The molecule has 116 valence electrons. The van der Waals surface area contributed by atoms with E-state index in [-0.39, 0.29) is 4.90 Å². The van der Waals surface area contributed by atoms with Gasteiger partial charge in [0, 0.05) is 18.0 Å². The van der Waals surface area contributed by atoms with E-state index < -0.39 is 10.0 Å². The Morgan fingerprint density at radius 2 is 2.00 bits per heavy atom. The molecule has 1 heterocycles. The monoisotopic (exact) mass is 319 g/mol. The van der Waals surface area contributed by atoms with Crippen LogP contribution in [-0.4, -0.2) is 25.7 Å². The zero-order valence-corrected chi connectivity index (χ0v) is 13.2. The van der Waals surface area contributed by atoms with Crippen molar-refractivity contribution in [3.8, 4) is 5.75 Å². The summed E-state index contributed by atoms with van der Waals surface area (Å²) in [6.07, 6.45) is 3.25. The number of hydrogen-bond acceptors (Lipinski definition) is 5. The van der Waals surface area contributed by atoms with Crippen LogP contribution in [0.2, 0.25) is 0 Å². The van der Waals surface area contributed by atoms with E-state index in [1.165, 1.54) is 12.1 Å². The molecule has 0 aliphatic rings. The summed E-state index contributed by atoms with van der Waals surface area (Å²) >= 11 is 0. The van der Waals surface area contributed by atoms with Gasteiger partial charge in [0.2, 0.25) is 0 Å². The second-order valence-electron chi connectivity index (χ2n) is 4.44. The third-order valence-electron chi connectivity index (χ3n) is 2.86. The number of hydrogen-bond donors (Lipinski definition) is 1. The summed E-state index contributed by atoms with van der Waals surface area (Å²) in [5.74, 6) is 0.622. The van der Waals surface area contributed by atoms with Gasteiger partial charge < -0.3 is 4.74 Å². The number of sulfonamides is 1. The number of ether oxygens (including phenoxy) is 1. The van der Waals surface area contributed by atoms with Crippen molar-refractivity contribution in [3.05, 3.63) is 54.4 Å². The number of aromatic nitrogens is 1. The van der Waals surface area contributed by atoms with Gasteiger partial charge in [-0.05, 0) is 44.2 Å². The molecule has 2 aromatic rings. The minimum absolute atomic E-state index is 0.124. The van der Waals surface area contributed by atoms with Crippen LogP contribution in [0.3, 0.4) is 0 Å². The molecule has 0 radical (unpaired) electrons. The predicted molar refractivity (Wildman–Crippen MR) is 84.4 cm³/mol. The summed E-state index contributed by atoms with van der Waals surface area (Å²) in [6, 6.07) is 9.72. The zero-order valence-electron chi connectivity index (χ0n) is 12.4. The van der Waals surface area contributed by atoms with Crippen LogP contribution in [0.15, 0.2) is 58.8 Å². The molecule has 0 bridgehead atoms. The number of hydrazone groups is 1. The van der Waals surface area contributed by atoms with E-state index in [0.29, 0.717) is 18.1 Å². The molecular weight excluding hydrogens is 302 g/mol. The molecule has 6 nitrogen and oxygen atoms in total. The van der Waals surface area contributed by atoms with Crippen LogP contribution < -0.4 is 9.57 Å². The summed E-state index contributed by atoms with van der Waals surface area (Å²) in [7, 11) is -3.71. The average molecular weight is 319 g/mol. The van der Waals surface area contributed by atoms with Gasteiger partial charge in [-0.1, -0.05) is 6.07 Å². The molecule has 0 spiro atoms. The second-order valence-corrected chi connectivity index (χ2v) is 6.10. The molecule has 0 atom stereocenters. The van der Waals surface area contributed by atoms with Gasteiger partial charge in [-0.15, -0.1) is 0 Å². The Morgan fingerprint density at radius 1 is 1.27 bits per heavy atom. The van der Waals surface area contributed by atoms with Crippen molar-refractivity contribution in [1.29, 1.82) is 0 Å². The van der Waals surface area contributed by atoms with Crippen LogP contribution >= 0.6 is 0 Å². The molecule has 1 aromatic carbocycles. The third-order valence-corrected chi connectivity index (χ3v) is 4.08. The number of benzene rings is 1. The number of nitrogens with one attached hydrogen (secondary N) is 1. The summed E-state index contributed by atoms with van der Waals surface area (Å²) in [5, 5.41) is 3.91. The van der Waals surface area contributed by atoms with Crippen LogP contribution in [0, 0.1) is 0 Å². The van der Waals surface area contributed by atoms with Gasteiger partial charge >= 0.3 is 0 Å². The van der Waals surface area contributed by atoms with Crippen molar-refractivity contribution in [3.63, 3.8) is 0 Å². The highest BCUT2D eigenvalue weighted by atomic mass is 32.2. The lowest BCUT2D eigenvalue weighted by atomic mass is 10.2. The first-order valence-corrected chi connectivity index (χ1v) is 8.20. The van der Waals surface area contributed by atoms with E-state index in [1.807, 2.05) is 6.92 Å². The molecule has 1 aromatic heterocycles. The first-order valence-electron chi connectivity index (χ1n) is 6.72. The van der Waals surface area contributed by atoms with Crippen molar-refractivity contribution < 1.29 is 13.2 Å². The molecule has 0 fully saturated rings. The fourth-order valence-electron chi connectivity index (χ4n) is 1.70. The summed E-state index contributed by atoms with van der Waals surface area (Å²) in [4.78, 5) is 6.30. The molecule has 0 unspecified atom stereocenters. The summed E-state index contributed by atoms with van der Waals surface area (Å²) in [5.41, 5.74) is 1.28. The van der Waals surface area contributed by atoms with E-state index in [0.717, 1.165) is 5.56 Å². The highest BCUT2D eigenvalue weighted by Gasteiger charge is 2.13. The predicted octanol–water partition coefficient (Wildman–Crippen LogP) is 2.18. The van der Waals surface area contributed by atoms with E-state index in [4.69, 9.17) is 4.74 Å². The fraction of sp³-hybridized carbons (Fsp3) is 0.200. The first-order chi connectivity index (χ1) is 10.5. The lowest BCUT2D eigenvalue weighted by molar-refractivity contribution is 0.340. The average Bonchev–Trinajstić information content (AvgIpc) is 2.54. The van der Waals surface area contributed by atoms with Crippen molar-refractivity contribution in [2.24, 2.45) is 5.10 Å². The molecule has 22 heavy (non-hydrogen) atoms. The van der Waals surface area contributed by atoms with E-state index in [2.05, 4.69) is 14.9 Å². The van der Waals surface area contributed by atoms with Crippen molar-refractivity contribution in [2.45, 2.75) is 18.7 Å². The van der Waals surface area contributed by atoms with Crippen LogP contribution in [0.5, 0.6) is 5.75 Å². The largest absolute Gasteiger partial charge is 0.494 e. The van der Waals surface area contributed by atoms with Crippen LogP contribution in [0.4, 0.5) is 0 Å². The Kier molecular flexibility index (Phi) is 5.11. The minimum Gasteiger partial charge on any atom is -0.494 e. The molecule has 7 heteroatoms. The fourth-order valence-corrected chi connectivity index (χ4v) is 2.56. The number of nitrogens with zero attached hydrogens (tertiary/aromatic N) is 2. The molecule has 1 N–H and O–H groups in total. The van der Waals surface area contributed by atoms with E-state index in [1.54, 1.807) is 43.6 Å². The first kappa shape index (κ1) is 16.0. The summed E-state index contributed by atoms with van der Waals surface area (Å²) in [6.45, 7) is 4.10. The molecule has 2 rings (SSSR count). The third kappa shape index (κ3) is 4.05. The normalized spacial score (nSPS) is 12.0. The molecule has 0 aliphatic carbocycles. The highest BCUT2D eigenvalue weighted by Crippen LogP contribution is 2.15. The second kappa shape index (κ2) is 7.04. The van der Waals surface area contributed by atoms with Gasteiger partial charge in [-0.2, -0.15) is 18.4 Å². The van der Waals surface area contributed by atoms with E-state index >= 15 is 0 Å². The number of pyridine rings is 1. The Morgan fingerprint density at radius 3 is 2.59 bits per heavy atom. The van der Waals surface area contributed by atoms with Crippen LogP contribution in [0.1, 0.15) is 19.4 Å². The van der Waals surface area contributed by atoms with Gasteiger partial charge in [0.25, 0.3) is 10.0 Å². The molecular formula is C15H17N3O3S.